The van der Waals surface area contributed by atoms with Crippen molar-refractivity contribution in [1.29, 1.82) is 0 Å². The zero-order valence-electron chi connectivity index (χ0n) is 27.8. The van der Waals surface area contributed by atoms with Gasteiger partial charge in [-0.1, -0.05) is 116 Å². The van der Waals surface area contributed by atoms with Crippen LogP contribution >= 0.6 is 0 Å². The van der Waals surface area contributed by atoms with Crippen LogP contribution < -0.4 is 9.80 Å². The third-order valence-electron chi connectivity index (χ3n) is 8.64. The van der Waals surface area contributed by atoms with Gasteiger partial charge in [-0.25, -0.2) is 0 Å². The first-order valence-corrected chi connectivity index (χ1v) is 16.2. The summed E-state index contributed by atoms with van der Waals surface area (Å²) in [6, 6.07) is 45.1. The molecule has 5 aromatic carbocycles. The summed E-state index contributed by atoms with van der Waals surface area (Å²) in [7, 11) is 0. The van der Waals surface area contributed by atoms with Gasteiger partial charge in [0, 0.05) is 22.7 Å². The summed E-state index contributed by atoms with van der Waals surface area (Å²) < 4.78 is 0. The summed E-state index contributed by atoms with van der Waals surface area (Å²) in [4.78, 5) is 4.81. The van der Waals surface area contributed by atoms with E-state index in [-0.39, 0.29) is 0 Å². The van der Waals surface area contributed by atoms with Crippen LogP contribution in [0.1, 0.15) is 101 Å². The van der Waals surface area contributed by atoms with Gasteiger partial charge >= 0.3 is 0 Å². The maximum absolute atomic E-state index is 2.40. The number of hydrogen-bond acceptors (Lipinski definition) is 2. The van der Waals surface area contributed by atoms with Gasteiger partial charge in [0.2, 0.25) is 0 Å². The van der Waals surface area contributed by atoms with Gasteiger partial charge in [-0.15, -0.1) is 0 Å². The molecule has 0 amide bonds. The molecule has 0 bridgehead atoms. The number of benzene rings is 5. The molecule has 0 aromatic heterocycles. The van der Waals surface area contributed by atoms with Crippen molar-refractivity contribution in [3.05, 3.63) is 144 Å². The first-order chi connectivity index (χ1) is 21.1. The van der Waals surface area contributed by atoms with Crippen molar-refractivity contribution in [2.24, 2.45) is 0 Å². The van der Waals surface area contributed by atoms with E-state index in [4.69, 9.17) is 0 Å². The van der Waals surface area contributed by atoms with Crippen molar-refractivity contribution >= 4 is 34.1 Å². The Morgan fingerprint density at radius 2 is 0.500 bits per heavy atom. The molecule has 2 nitrogen and oxygen atoms in total. The zero-order valence-corrected chi connectivity index (χ0v) is 27.8. The summed E-state index contributed by atoms with van der Waals surface area (Å²) in [5.41, 5.74) is 12.2. The van der Waals surface area contributed by atoms with Crippen LogP contribution in [0.5, 0.6) is 0 Å². The molecule has 5 aromatic rings. The first kappa shape index (κ1) is 31.1. The lowest BCUT2D eigenvalue weighted by Gasteiger charge is -2.33. The summed E-state index contributed by atoms with van der Waals surface area (Å²) in [5.74, 6) is 1.92. The van der Waals surface area contributed by atoms with E-state index in [1.807, 2.05) is 0 Å². The molecule has 0 atom stereocenters. The fourth-order valence-electron chi connectivity index (χ4n) is 5.73. The van der Waals surface area contributed by atoms with Gasteiger partial charge < -0.3 is 9.80 Å². The lowest BCUT2D eigenvalue weighted by atomic mass is 10.0. The average molecular weight is 581 g/mol. The Kier molecular flexibility index (Phi) is 9.59. The monoisotopic (exact) mass is 580 g/mol. The highest BCUT2D eigenvalue weighted by Crippen LogP contribution is 2.46. The smallest absolute Gasteiger partial charge is 0.0702 e. The van der Waals surface area contributed by atoms with Crippen LogP contribution in [0.3, 0.4) is 0 Å². The number of nitrogens with zero attached hydrogens (tertiary/aromatic N) is 2. The Bertz CT molecular complexity index is 1400. The fourth-order valence-corrected chi connectivity index (χ4v) is 5.73. The molecule has 0 spiro atoms. The normalized spacial score (nSPS) is 11.5. The van der Waals surface area contributed by atoms with Crippen molar-refractivity contribution in [2.75, 3.05) is 9.80 Å². The number of anilines is 6. The minimum absolute atomic E-state index is 0.480. The molecule has 0 fully saturated rings. The maximum atomic E-state index is 2.40. The van der Waals surface area contributed by atoms with Crippen molar-refractivity contribution < 1.29 is 0 Å². The lowest BCUT2D eigenvalue weighted by molar-refractivity contribution is 0.865. The van der Waals surface area contributed by atoms with Crippen molar-refractivity contribution in [1.82, 2.24) is 0 Å². The molecular weight excluding hydrogens is 532 g/mol. The Hall–Kier alpha value is -4.30. The molecule has 0 aliphatic carbocycles. The van der Waals surface area contributed by atoms with Gasteiger partial charge in [0.25, 0.3) is 0 Å². The van der Waals surface area contributed by atoms with Crippen molar-refractivity contribution in [2.45, 2.75) is 79.1 Å². The molecule has 0 heterocycles. The Morgan fingerprint density at radius 3 is 0.682 bits per heavy atom. The molecule has 0 aliphatic rings. The number of para-hydroxylation sites is 2. The highest BCUT2D eigenvalue weighted by Gasteiger charge is 2.22. The van der Waals surface area contributed by atoms with Gasteiger partial charge in [0.05, 0.1) is 11.4 Å². The van der Waals surface area contributed by atoms with Crippen molar-refractivity contribution in [3.63, 3.8) is 0 Å². The zero-order chi connectivity index (χ0) is 31.4. The standard InChI is InChI=1S/C42H48N2/c1-29(2)33-13-21-37(22-14-33)43(38-23-15-34(16-24-38)30(3)4)41-11-9-10-12-42(41)44(39-25-17-35(18-26-39)31(5)6)40-27-19-36(20-28-40)32(7)8/h9-32H,1-8H3. The van der Waals surface area contributed by atoms with Crippen LogP contribution in [-0.2, 0) is 0 Å². The van der Waals surface area contributed by atoms with E-state index >= 15 is 0 Å². The number of rotatable bonds is 10. The largest absolute Gasteiger partial charge is 0.308 e. The first-order valence-electron chi connectivity index (χ1n) is 16.2. The second-order valence-electron chi connectivity index (χ2n) is 13.1. The topological polar surface area (TPSA) is 6.48 Å². The molecule has 44 heavy (non-hydrogen) atoms. The van der Waals surface area contributed by atoms with Gasteiger partial charge in [-0.3, -0.25) is 0 Å². The Morgan fingerprint density at radius 1 is 0.295 bits per heavy atom. The van der Waals surface area contributed by atoms with Crippen LogP contribution in [0.2, 0.25) is 0 Å². The van der Waals surface area contributed by atoms with Crippen molar-refractivity contribution in [3.8, 4) is 0 Å². The summed E-state index contributed by atoms with van der Waals surface area (Å²) in [5, 5.41) is 0. The molecule has 0 unspecified atom stereocenters. The molecule has 226 valence electrons. The van der Waals surface area contributed by atoms with Crippen LogP contribution in [-0.4, -0.2) is 0 Å². The second-order valence-corrected chi connectivity index (χ2v) is 13.1. The van der Waals surface area contributed by atoms with Gasteiger partial charge in [-0.05, 0) is 107 Å². The van der Waals surface area contributed by atoms with E-state index in [2.05, 4.69) is 187 Å². The summed E-state index contributed by atoms with van der Waals surface area (Å²) >= 11 is 0. The third-order valence-corrected chi connectivity index (χ3v) is 8.64. The summed E-state index contributed by atoms with van der Waals surface area (Å²) in [6.45, 7) is 18.0. The lowest BCUT2D eigenvalue weighted by Crippen LogP contribution is -2.17. The van der Waals surface area contributed by atoms with E-state index in [1.165, 1.54) is 22.3 Å². The van der Waals surface area contributed by atoms with E-state index in [9.17, 15) is 0 Å². The van der Waals surface area contributed by atoms with E-state index in [0.29, 0.717) is 23.7 Å². The molecule has 0 aliphatic heterocycles. The van der Waals surface area contributed by atoms with Gasteiger partial charge in [0.15, 0.2) is 0 Å². The van der Waals surface area contributed by atoms with Crippen LogP contribution in [0.15, 0.2) is 121 Å². The molecule has 5 rings (SSSR count). The molecule has 0 N–H and O–H groups in total. The highest BCUT2D eigenvalue weighted by atomic mass is 15.2. The quantitative estimate of drug-likeness (QED) is 0.162. The Balaban J connectivity index is 1.72. The van der Waals surface area contributed by atoms with Crippen LogP contribution in [0.25, 0.3) is 0 Å². The number of hydrogen-bond donors (Lipinski definition) is 0. The molecule has 0 saturated heterocycles. The van der Waals surface area contributed by atoms with E-state index in [1.54, 1.807) is 0 Å². The highest BCUT2D eigenvalue weighted by molar-refractivity contribution is 5.91. The minimum Gasteiger partial charge on any atom is -0.308 e. The molecule has 0 saturated carbocycles. The third kappa shape index (κ3) is 6.76. The SMILES string of the molecule is CC(C)c1ccc(N(c2ccc(C(C)C)cc2)c2ccccc2N(c2ccc(C(C)C)cc2)c2ccc(C(C)C)cc2)cc1. The average Bonchev–Trinajstić information content (AvgIpc) is 3.03. The van der Waals surface area contributed by atoms with Crippen LogP contribution in [0.4, 0.5) is 34.1 Å². The van der Waals surface area contributed by atoms with Gasteiger partial charge in [0.1, 0.15) is 0 Å². The second kappa shape index (κ2) is 13.6. The fraction of sp³-hybridized carbons (Fsp3) is 0.286. The predicted molar refractivity (Wildman–Crippen MR) is 192 cm³/mol. The van der Waals surface area contributed by atoms with E-state index in [0.717, 1.165) is 34.1 Å². The van der Waals surface area contributed by atoms with E-state index < -0.39 is 0 Å². The summed E-state index contributed by atoms with van der Waals surface area (Å²) in [6.07, 6.45) is 0. The molecule has 2 heteroatoms. The van der Waals surface area contributed by atoms with Crippen LogP contribution in [0, 0.1) is 0 Å². The maximum Gasteiger partial charge on any atom is 0.0702 e. The van der Waals surface area contributed by atoms with Gasteiger partial charge in [-0.2, -0.15) is 0 Å². The predicted octanol–water partition coefficient (Wildman–Crippen LogP) is 13.1. The molecule has 0 radical (unpaired) electrons. The molecular formula is C42H48N2. The Labute approximate surface area is 266 Å². The minimum atomic E-state index is 0.480.